The predicted octanol–water partition coefficient (Wildman–Crippen LogP) is 2.91. The van der Waals surface area contributed by atoms with Gasteiger partial charge in [0.25, 0.3) is 0 Å². The topological polar surface area (TPSA) is 84.0 Å². The third kappa shape index (κ3) is 5.88. The number of rotatable bonds is 7. The van der Waals surface area contributed by atoms with Crippen LogP contribution in [0.1, 0.15) is 12.0 Å². The smallest absolute Gasteiger partial charge is 0.231 e. The van der Waals surface area contributed by atoms with Gasteiger partial charge in [-0.2, -0.15) is 0 Å². The van der Waals surface area contributed by atoms with Gasteiger partial charge in [0.15, 0.2) is 17.5 Å². The molecule has 0 aromatic heterocycles. The molecule has 7 nitrogen and oxygen atoms in total. The van der Waals surface area contributed by atoms with Crippen LogP contribution in [-0.2, 0) is 11.2 Å². The van der Waals surface area contributed by atoms with Crippen LogP contribution in [0.3, 0.4) is 0 Å². The Morgan fingerprint density at radius 3 is 2.61 bits per heavy atom. The first-order chi connectivity index (χ1) is 13.6. The normalized spacial score (nSPS) is 12.6. The van der Waals surface area contributed by atoms with Gasteiger partial charge in [0.05, 0.1) is 0 Å². The summed E-state index contributed by atoms with van der Waals surface area (Å²) < 4.78 is 11.7. The molecule has 8 heteroatoms. The lowest BCUT2D eigenvalue weighted by atomic mass is 10.1. The molecule has 0 saturated heterocycles. The van der Waals surface area contributed by atoms with E-state index in [1.807, 2.05) is 42.5 Å². The maximum absolute atomic E-state index is 12.0. The fraction of sp³-hybridized carbons (Fsp3) is 0.300. The van der Waals surface area contributed by atoms with Gasteiger partial charge >= 0.3 is 0 Å². The van der Waals surface area contributed by atoms with Gasteiger partial charge in [-0.15, -0.1) is 0 Å². The number of nitrogens with zero attached hydrogens (tertiary/aromatic N) is 1. The van der Waals surface area contributed by atoms with E-state index in [2.05, 4.69) is 36.9 Å². The minimum absolute atomic E-state index is 0.0503. The van der Waals surface area contributed by atoms with Crippen LogP contribution in [0.5, 0.6) is 11.5 Å². The van der Waals surface area contributed by atoms with Gasteiger partial charge in [0, 0.05) is 36.7 Å². The van der Waals surface area contributed by atoms with Crippen molar-refractivity contribution in [3.63, 3.8) is 0 Å². The van der Waals surface area contributed by atoms with E-state index in [-0.39, 0.29) is 12.7 Å². The maximum atomic E-state index is 12.0. The summed E-state index contributed by atoms with van der Waals surface area (Å²) >= 11 is 3.37. The molecule has 0 aliphatic carbocycles. The van der Waals surface area contributed by atoms with Crippen LogP contribution < -0.4 is 25.4 Å². The van der Waals surface area contributed by atoms with Crippen molar-refractivity contribution in [1.29, 1.82) is 0 Å². The molecule has 0 unspecified atom stereocenters. The lowest BCUT2D eigenvalue weighted by molar-refractivity contribution is -0.116. The van der Waals surface area contributed by atoms with Gasteiger partial charge < -0.3 is 25.4 Å². The maximum Gasteiger partial charge on any atom is 0.231 e. The molecule has 1 heterocycles. The Morgan fingerprint density at radius 1 is 1.07 bits per heavy atom. The van der Waals surface area contributed by atoms with E-state index in [0.29, 0.717) is 25.5 Å². The zero-order chi connectivity index (χ0) is 19.8. The summed E-state index contributed by atoms with van der Waals surface area (Å²) in [6.07, 6.45) is 1.17. The summed E-state index contributed by atoms with van der Waals surface area (Å²) in [5.74, 6) is 2.19. The number of amides is 1. The molecule has 1 aliphatic rings. The first-order valence-corrected chi connectivity index (χ1v) is 9.82. The Morgan fingerprint density at radius 2 is 1.82 bits per heavy atom. The number of aliphatic imine (C=N–C) groups is 1. The number of anilines is 1. The van der Waals surface area contributed by atoms with Crippen molar-refractivity contribution in [2.45, 2.75) is 12.8 Å². The van der Waals surface area contributed by atoms with E-state index in [1.54, 1.807) is 7.05 Å². The number of guanidine groups is 1. The zero-order valence-corrected chi connectivity index (χ0v) is 17.2. The van der Waals surface area contributed by atoms with Crippen molar-refractivity contribution in [3.8, 4) is 11.5 Å². The van der Waals surface area contributed by atoms with Crippen LogP contribution in [0.4, 0.5) is 5.69 Å². The molecule has 1 amide bonds. The van der Waals surface area contributed by atoms with Gasteiger partial charge in [0.2, 0.25) is 12.7 Å². The van der Waals surface area contributed by atoms with E-state index >= 15 is 0 Å². The van der Waals surface area contributed by atoms with E-state index in [1.165, 1.54) is 0 Å². The highest BCUT2D eigenvalue weighted by Crippen LogP contribution is 2.32. The van der Waals surface area contributed by atoms with Crippen LogP contribution in [0.25, 0.3) is 0 Å². The summed E-state index contributed by atoms with van der Waals surface area (Å²) in [6.45, 7) is 1.49. The fourth-order valence-electron chi connectivity index (χ4n) is 2.69. The lowest BCUT2D eigenvalue weighted by Gasteiger charge is -2.12. The average Bonchev–Trinajstić information content (AvgIpc) is 3.16. The average molecular weight is 447 g/mol. The third-order valence-electron chi connectivity index (χ3n) is 4.14. The molecule has 3 N–H and O–H groups in total. The second kappa shape index (κ2) is 9.98. The monoisotopic (exact) mass is 446 g/mol. The number of hydrogen-bond donors (Lipinski definition) is 3. The number of benzene rings is 2. The molecule has 28 heavy (non-hydrogen) atoms. The molecular formula is C20H23BrN4O3. The second-order valence-electron chi connectivity index (χ2n) is 6.17. The zero-order valence-electron chi connectivity index (χ0n) is 15.6. The molecule has 0 radical (unpaired) electrons. The van der Waals surface area contributed by atoms with Crippen LogP contribution in [-0.4, -0.2) is 38.8 Å². The lowest BCUT2D eigenvalue weighted by Crippen LogP contribution is -2.39. The van der Waals surface area contributed by atoms with Gasteiger partial charge in [-0.05, 0) is 48.4 Å². The van der Waals surface area contributed by atoms with E-state index in [4.69, 9.17) is 9.47 Å². The minimum Gasteiger partial charge on any atom is -0.454 e. The van der Waals surface area contributed by atoms with Crippen LogP contribution in [0.15, 0.2) is 51.9 Å². The largest absolute Gasteiger partial charge is 0.454 e. The molecule has 0 saturated carbocycles. The molecule has 0 fully saturated rings. The number of halogens is 1. The highest BCUT2D eigenvalue weighted by molar-refractivity contribution is 9.10. The van der Waals surface area contributed by atoms with Gasteiger partial charge in [-0.25, -0.2) is 0 Å². The molecule has 2 aromatic rings. The Labute approximate surface area is 172 Å². The van der Waals surface area contributed by atoms with Crippen molar-refractivity contribution >= 4 is 33.5 Å². The van der Waals surface area contributed by atoms with E-state index in [0.717, 1.165) is 33.6 Å². The Hall–Kier alpha value is -2.74. The van der Waals surface area contributed by atoms with Crippen molar-refractivity contribution in [2.24, 2.45) is 4.99 Å². The first kappa shape index (κ1) is 20.0. The number of hydrogen-bond acceptors (Lipinski definition) is 4. The standard InChI is InChI=1S/C20H23BrN4O3/c1-22-20(23-10-8-14-2-7-17-18(12-14)28-13-27-17)24-11-9-19(26)25-16-5-3-15(21)4-6-16/h2-7,12H,8-11,13H2,1H3,(H,25,26)(H2,22,23,24). The third-order valence-corrected chi connectivity index (χ3v) is 4.67. The summed E-state index contributed by atoms with van der Waals surface area (Å²) in [5.41, 5.74) is 1.93. The molecule has 0 spiro atoms. The molecule has 0 bridgehead atoms. The van der Waals surface area contributed by atoms with Crippen molar-refractivity contribution in [3.05, 3.63) is 52.5 Å². The Bertz CT molecular complexity index is 840. The highest BCUT2D eigenvalue weighted by Gasteiger charge is 2.13. The molecule has 1 aliphatic heterocycles. The number of ether oxygens (including phenoxy) is 2. The summed E-state index contributed by atoms with van der Waals surface area (Å²) in [7, 11) is 1.71. The highest BCUT2D eigenvalue weighted by atomic mass is 79.9. The first-order valence-electron chi connectivity index (χ1n) is 9.02. The summed E-state index contributed by atoms with van der Waals surface area (Å²) in [4.78, 5) is 16.2. The minimum atomic E-state index is -0.0503. The number of nitrogens with one attached hydrogen (secondary N) is 3. The SMILES string of the molecule is CN=C(NCCC(=O)Nc1ccc(Br)cc1)NCCc1ccc2c(c1)OCO2. The van der Waals surface area contributed by atoms with E-state index in [9.17, 15) is 4.79 Å². The van der Waals surface area contributed by atoms with Gasteiger partial charge in [-0.1, -0.05) is 22.0 Å². The van der Waals surface area contributed by atoms with Gasteiger partial charge in [-0.3, -0.25) is 9.79 Å². The van der Waals surface area contributed by atoms with Crippen LogP contribution in [0, 0.1) is 0 Å². The van der Waals surface area contributed by atoms with Crippen molar-refractivity contribution < 1.29 is 14.3 Å². The molecule has 3 rings (SSSR count). The number of carbonyl (C=O) groups excluding carboxylic acids is 1. The van der Waals surface area contributed by atoms with Crippen molar-refractivity contribution in [1.82, 2.24) is 10.6 Å². The fourth-order valence-corrected chi connectivity index (χ4v) is 2.96. The second-order valence-corrected chi connectivity index (χ2v) is 7.08. The Kier molecular flexibility index (Phi) is 7.13. The summed E-state index contributed by atoms with van der Waals surface area (Å²) in [6, 6.07) is 13.4. The van der Waals surface area contributed by atoms with Crippen LogP contribution in [0.2, 0.25) is 0 Å². The molecular weight excluding hydrogens is 424 g/mol. The number of fused-ring (bicyclic) bond motifs is 1. The molecule has 2 aromatic carbocycles. The van der Waals surface area contributed by atoms with Gasteiger partial charge in [0.1, 0.15) is 0 Å². The van der Waals surface area contributed by atoms with E-state index < -0.39 is 0 Å². The summed E-state index contributed by atoms with van der Waals surface area (Å²) in [5, 5.41) is 9.26. The molecule has 148 valence electrons. The Balaban J connectivity index is 1.35. The van der Waals surface area contributed by atoms with Crippen LogP contribution >= 0.6 is 15.9 Å². The van der Waals surface area contributed by atoms with Crippen molar-refractivity contribution in [2.75, 3.05) is 32.2 Å². The predicted molar refractivity (Wildman–Crippen MR) is 113 cm³/mol. The molecule has 0 atom stereocenters. The number of carbonyl (C=O) groups is 1. The quantitative estimate of drug-likeness (QED) is 0.449.